The van der Waals surface area contributed by atoms with Crippen molar-refractivity contribution in [1.82, 2.24) is 10.2 Å². The van der Waals surface area contributed by atoms with Gasteiger partial charge in [0.05, 0.1) is 4.90 Å². The molecule has 0 radical (unpaired) electrons. The molecule has 1 aromatic carbocycles. The van der Waals surface area contributed by atoms with Crippen LogP contribution in [0.5, 0.6) is 0 Å². The van der Waals surface area contributed by atoms with E-state index >= 15 is 0 Å². The van der Waals surface area contributed by atoms with Crippen molar-refractivity contribution in [3.05, 3.63) is 41.6 Å². The maximum Gasteiger partial charge on any atom is 0.263 e. The molecule has 8 heteroatoms. The molecule has 1 aromatic heterocycles. The van der Waals surface area contributed by atoms with Crippen molar-refractivity contribution in [1.29, 1.82) is 0 Å². The third-order valence-electron chi connectivity index (χ3n) is 2.06. The molecule has 94 valence electrons. The maximum atomic E-state index is 11.9. The molecule has 0 saturated carbocycles. The van der Waals surface area contributed by atoms with Gasteiger partial charge in [-0.3, -0.25) is 4.72 Å². The van der Waals surface area contributed by atoms with Crippen LogP contribution in [0.4, 0.5) is 11.5 Å². The summed E-state index contributed by atoms with van der Waals surface area (Å²) in [6.07, 6.45) is 0. The molecule has 0 amide bonds. The average Bonchev–Trinajstić information content (AvgIpc) is 2.32. The zero-order valence-corrected chi connectivity index (χ0v) is 10.6. The van der Waals surface area contributed by atoms with Gasteiger partial charge in [-0.2, -0.15) is 0 Å². The first-order chi connectivity index (χ1) is 8.47. The van der Waals surface area contributed by atoms with Gasteiger partial charge in [0.1, 0.15) is 0 Å². The average molecular weight is 291 g/mol. The van der Waals surface area contributed by atoms with Crippen molar-refractivity contribution in [3.63, 3.8) is 0 Å². The van der Waals surface area contributed by atoms with Crippen molar-refractivity contribution in [2.24, 2.45) is 0 Å². The summed E-state index contributed by atoms with van der Waals surface area (Å²) in [5, 5.41) is 7.33. The van der Waals surface area contributed by atoms with E-state index in [1.54, 1.807) is 0 Å². The topological polar surface area (TPSA) is 98.0 Å². The van der Waals surface area contributed by atoms with Gasteiger partial charge in [0.25, 0.3) is 10.0 Å². The highest BCUT2D eigenvalue weighted by Crippen LogP contribution is 2.15. The number of halogens is 1. The summed E-state index contributed by atoms with van der Waals surface area (Å²) in [6.45, 7) is 0. The lowest BCUT2D eigenvalue weighted by atomic mass is 10.5. The third kappa shape index (κ3) is 2.88. The van der Waals surface area contributed by atoms with Gasteiger partial charge in [-0.25, -0.2) is 8.42 Å². The summed E-state index contributed by atoms with van der Waals surface area (Å²) in [7, 11) is -3.69. The van der Waals surface area contributed by atoms with Crippen molar-refractivity contribution >= 4 is 33.1 Å². The number of nitrogens with one attached hydrogen (secondary N) is 1. The molecule has 2 aromatic rings. The lowest BCUT2D eigenvalue weighted by Crippen LogP contribution is -2.14. The first-order valence-corrected chi connectivity index (χ1v) is 6.71. The van der Waals surface area contributed by atoms with E-state index in [1.165, 1.54) is 36.4 Å². The van der Waals surface area contributed by atoms with E-state index < -0.39 is 10.0 Å². The predicted octanol–water partition coefficient (Wildman–Crippen LogP) is 1.51. The molecule has 0 fully saturated rings. The fourth-order valence-corrected chi connectivity index (χ4v) is 2.31. The molecule has 0 spiro atoms. The number of anilines is 2. The van der Waals surface area contributed by atoms with Crippen molar-refractivity contribution in [3.8, 4) is 0 Å². The Morgan fingerprint density at radius 1 is 1.06 bits per heavy atom. The second-order valence-electron chi connectivity index (χ2n) is 3.42. The van der Waals surface area contributed by atoms with Crippen molar-refractivity contribution < 1.29 is 8.42 Å². The maximum absolute atomic E-state index is 11.9. The number of sulfonamides is 1. The summed E-state index contributed by atoms with van der Waals surface area (Å²) >= 11 is 5.55. The first kappa shape index (κ1) is 12.6. The van der Waals surface area contributed by atoms with Crippen LogP contribution in [0.3, 0.4) is 0 Å². The quantitative estimate of drug-likeness (QED) is 0.835. The fourth-order valence-electron chi connectivity index (χ4n) is 1.21. The van der Waals surface area contributed by atoms with Crippen molar-refractivity contribution in [2.45, 2.75) is 4.90 Å². The number of nitrogens with zero attached hydrogens (tertiary/aromatic N) is 2. The Morgan fingerprint density at radius 3 is 2.28 bits per heavy atom. The normalized spacial score (nSPS) is 11.2. The van der Waals surface area contributed by atoms with Gasteiger partial charge >= 0.3 is 0 Å². The largest absolute Gasteiger partial charge is 0.399 e. The zero-order valence-electron chi connectivity index (χ0n) is 9.04. The molecule has 2 rings (SSSR count). The van der Waals surface area contributed by atoms with E-state index in [0.717, 1.165) is 0 Å². The Hall–Kier alpha value is -1.86. The molecule has 0 atom stereocenters. The van der Waals surface area contributed by atoms with Crippen LogP contribution in [-0.4, -0.2) is 18.6 Å². The lowest BCUT2D eigenvalue weighted by molar-refractivity contribution is 0.601. The molecule has 0 bridgehead atoms. The van der Waals surface area contributed by atoms with Gasteiger partial charge in [0, 0.05) is 5.69 Å². The number of aromatic nitrogens is 2. The first-order valence-electron chi connectivity index (χ1n) is 4.85. The van der Waals surface area contributed by atoms with Crippen LogP contribution in [0.2, 0.25) is 5.15 Å². The number of nitrogens with two attached hydrogens (primary N) is 1. The van der Waals surface area contributed by atoms with Gasteiger partial charge in [-0.1, -0.05) is 11.6 Å². The van der Waals surface area contributed by atoms with E-state index in [1.807, 2.05) is 0 Å². The predicted molar refractivity (Wildman–Crippen MR) is 68.7 cm³/mol. The number of hydrogen-bond acceptors (Lipinski definition) is 5. The summed E-state index contributed by atoms with van der Waals surface area (Å²) < 4.78 is 26.2. The van der Waals surface area contributed by atoms with Gasteiger partial charge < -0.3 is 5.73 Å². The van der Waals surface area contributed by atoms with E-state index in [-0.39, 0.29) is 15.9 Å². The zero-order chi connectivity index (χ0) is 13.2. The minimum absolute atomic E-state index is 0.0912. The summed E-state index contributed by atoms with van der Waals surface area (Å²) in [6, 6.07) is 8.67. The highest BCUT2D eigenvalue weighted by atomic mass is 35.5. The minimum Gasteiger partial charge on any atom is -0.399 e. The van der Waals surface area contributed by atoms with Crippen molar-refractivity contribution in [2.75, 3.05) is 10.5 Å². The highest BCUT2D eigenvalue weighted by Gasteiger charge is 2.14. The molecule has 3 N–H and O–H groups in total. The number of benzene rings is 1. The van der Waals surface area contributed by atoms with Gasteiger partial charge in [0.2, 0.25) is 0 Å². The Balaban J connectivity index is 2.27. The summed E-state index contributed by atoms with van der Waals surface area (Å²) in [4.78, 5) is 0.0912. The molecular formula is C10H9ClN4O2S. The molecule has 0 aliphatic rings. The molecule has 0 aliphatic heterocycles. The van der Waals surface area contributed by atoms with Crippen LogP contribution in [0.15, 0.2) is 41.3 Å². The third-order valence-corrected chi connectivity index (χ3v) is 3.63. The number of nitrogen functional groups attached to an aromatic ring is 1. The molecule has 0 aliphatic carbocycles. The summed E-state index contributed by atoms with van der Waals surface area (Å²) in [5.41, 5.74) is 5.97. The fraction of sp³-hybridized carbons (Fsp3) is 0. The molecule has 0 unspecified atom stereocenters. The van der Waals surface area contributed by atoms with Gasteiger partial charge in [0.15, 0.2) is 11.0 Å². The van der Waals surface area contributed by atoms with Gasteiger partial charge in [-0.15, -0.1) is 10.2 Å². The number of rotatable bonds is 3. The Labute approximate surface area is 109 Å². The van der Waals surface area contributed by atoms with E-state index in [9.17, 15) is 8.42 Å². The Morgan fingerprint density at radius 2 is 1.72 bits per heavy atom. The van der Waals surface area contributed by atoms with E-state index in [2.05, 4.69) is 14.9 Å². The van der Waals surface area contributed by atoms with Crippen LogP contribution in [0, 0.1) is 0 Å². The smallest absolute Gasteiger partial charge is 0.263 e. The van der Waals surface area contributed by atoms with E-state index in [0.29, 0.717) is 5.69 Å². The Kier molecular flexibility index (Phi) is 3.35. The standard InChI is InChI=1S/C10H9ClN4O2S/c11-9-5-6-10(14-13-9)15-18(16,17)8-3-1-7(12)2-4-8/h1-6H,12H2,(H,14,15)/i1+1,2+1,3+1,4+1,7+1,8+1. The van der Waals surface area contributed by atoms with Crippen LogP contribution in [0.1, 0.15) is 0 Å². The minimum atomic E-state index is -3.69. The number of hydrogen-bond donors (Lipinski definition) is 2. The van der Waals surface area contributed by atoms with Crippen LogP contribution >= 0.6 is 11.6 Å². The SMILES string of the molecule is N[13c]1[13cH][13cH][13c](S(=O)(=O)Nc2ccc(Cl)nn2)[13cH][13cH]1. The lowest BCUT2D eigenvalue weighted by Gasteiger charge is -2.06. The Bertz CT molecular complexity index is 641. The molecule has 1 heterocycles. The molecular weight excluding hydrogens is 282 g/mol. The second kappa shape index (κ2) is 4.79. The monoisotopic (exact) mass is 290 g/mol. The molecule has 0 saturated heterocycles. The van der Waals surface area contributed by atoms with Crippen LogP contribution in [-0.2, 0) is 10.0 Å². The van der Waals surface area contributed by atoms with Gasteiger partial charge in [-0.05, 0) is 36.4 Å². The highest BCUT2D eigenvalue weighted by molar-refractivity contribution is 7.92. The summed E-state index contributed by atoms with van der Waals surface area (Å²) in [5.74, 6) is 0.0937. The van der Waals surface area contributed by atoms with Crippen LogP contribution < -0.4 is 10.5 Å². The van der Waals surface area contributed by atoms with Crippen LogP contribution in [0.25, 0.3) is 0 Å². The molecule has 18 heavy (non-hydrogen) atoms. The van der Waals surface area contributed by atoms with E-state index in [4.69, 9.17) is 17.3 Å². The second-order valence-corrected chi connectivity index (χ2v) is 5.49. The molecule has 6 nitrogen and oxygen atoms in total.